The molecule has 1 saturated carbocycles. The van der Waals surface area contributed by atoms with Crippen LogP contribution in [0.1, 0.15) is 18.9 Å². The number of aromatic nitrogens is 2. The lowest BCUT2D eigenvalue weighted by Crippen LogP contribution is -2.32. The largest absolute Gasteiger partial charge is 0.381 e. The molecule has 1 aliphatic carbocycles. The summed E-state index contributed by atoms with van der Waals surface area (Å²) in [6, 6.07) is 6.50. The Bertz CT molecular complexity index is 560. The van der Waals surface area contributed by atoms with Crippen LogP contribution in [-0.4, -0.2) is 22.8 Å². The maximum Gasteiger partial charge on any atom is 0.201 e. The molecule has 0 aliphatic heterocycles. The van der Waals surface area contributed by atoms with E-state index in [-0.39, 0.29) is 0 Å². The van der Waals surface area contributed by atoms with Crippen LogP contribution in [0.2, 0.25) is 0 Å². The number of hydrogen-bond acceptors (Lipinski definition) is 3. The summed E-state index contributed by atoms with van der Waals surface area (Å²) in [6.07, 6.45) is 2.40. The zero-order valence-electron chi connectivity index (χ0n) is 9.56. The van der Waals surface area contributed by atoms with Gasteiger partial charge in [-0.05, 0) is 31.0 Å². The zero-order valence-corrected chi connectivity index (χ0v) is 11.1. The van der Waals surface area contributed by atoms with E-state index in [0.717, 1.165) is 28.3 Å². The Hall–Kier alpha value is -1.07. The molecule has 0 unspecified atom stereocenters. The van der Waals surface area contributed by atoms with Crippen molar-refractivity contribution in [2.45, 2.75) is 25.0 Å². The van der Waals surface area contributed by atoms with E-state index in [2.05, 4.69) is 31.5 Å². The molecular weight excluding hydrogens is 282 g/mol. The van der Waals surface area contributed by atoms with Gasteiger partial charge in [-0.15, -0.1) is 0 Å². The predicted molar refractivity (Wildman–Crippen MR) is 70.9 cm³/mol. The highest BCUT2D eigenvalue weighted by Crippen LogP contribution is 2.38. The minimum absolute atomic E-state index is 0.368. The van der Waals surface area contributed by atoms with E-state index in [1.165, 1.54) is 0 Å². The molecular formula is C12H14BrN3O. The molecule has 1 fully saturated rings. The van der Waals surface area contributed by atoms with Gasteiger partial charge in [-0.3, -0.25) is 0 Å². The first-order valence-corrected chi connectivity index (χ1v) is 6.44. The Balaban J connectivity index is 2.02. The highest BCUT2D eigenvalue weighted by Gasteiger charge is 2.32. The molecule has 3 rings (SSSR count). The van der Waals surface area contributed by atoms with Crippen LogP contribution in [0.25, 0.3) is 11.0 Å². The number of nitrogens with zero attached hydrogens (tertiary/aromatic N) is 2. The van der Waals surface area contributed by atoms with E-state index >= 15 is 0 Å². The van der Waals surface area contributed by atoms with Crippen LogP contribution in [0.5, 0.6) is 0 Å². The number of fused-ring (bicyclic) bond motifs is 1. The lowest BCUT2D eigenvalue weighted by Gasteiger charge is -2.35. The van der Waals surface area contributed by atoms with E-state index in [1.807, 2.05) is 12.1 Å². The molecule has 1 aromatic heterocycles. The summed E-state index contributed by atoms with van der Waals surface area (Å²) >= 11 is 3.44. The van der Waals surface area contributed by atoms with Crippen LogP contribution >= 0.6 is 15.9 Å². The number of imidazole rings is 1. The molecule has 0 radical (unpaired) electrons. The third kappa shape index (κ3) is 1.73. The second kappa shape index (κ2) is 3.99. The number of benzene rings is 1. The first kappa shape index (κ1) is 11.0. The first-order chi connectivity index (χ1) is 8.19. The number of nitrogens with two attached hydrogens (primary N) is 1. The molecule has 0 amide bonds. The van der Waals surface area contributed by atoms with Crippen LogP contribution in [0.4, 0.5) is 5.95 Å². The van der Waals surface area contributed by atoms with Crippen molar-refractivity contribution in [1.29, 1.82) is 0 Å². The summed E-state index contributed by atoms with van der Waals surface area (Å²) in [6.45, 7) is 0. The molecule has 0 saturated heterocycles. The van der Waals surface area contributed by atoms with Crippen LogP contribution in [0.3, 0.4) is 0 Å². The number of nitrogen functional groups attached to an aromatic ring is 1. The van der Waals surface area contributed by atoms with Gasteiger partial charge in [-0.1, -0.05) is 15.9 Å². The second-order valence-electron chi connectivity index (χ2n) is 4.46. The fourth-order valence-electron chi connectivity index (χ4n) is 2.42. The average Bonchev–Trinajstić information content (AvgIpc) is 2.53. The number of hydrogen-bond donors (Lipinski definition) is 1. The number of ether oxygens (including phenoxy) is 1. The van der Waals surface area contributed by atoms with Crippen molar-refractivity contribution in [1.82, 2.24) is 9.55 Å². The van der Waals surface area contributed by atoms with Crippen molar-refractivity contribution < 1.29 is 4.74 Å². The van der Waals surface area contributed by atoms with Gasteiger partial charge in [0.2, 0.25) is 5.95 Å². The molecule has 4 nitrogen and oxygen atoms in total. The number of rotatable bonds is 2. The Morgan fingerprint density at radius 2 is 2.24 bits per heavy atom. The smallest absolute Gasteiger partial charge is 0.201 e. The minimum atomic E-state index is 0.368. The van der Waals surface area contributed by atoms with Gasteiger partial charge in [-0.25, -0.2) is 4.98 Å². The molecule has 17 heavy (non-hydrogen) atoms. The Morgan fingerprint density at radius 3 is 2.94 bits per heavy atom. The summed E-state index contributed by atoms with van der Waals surface area (Å²) in [4.78, 5) is 4.40. The van der Waals surface area contributed by atoms with E-state index in [4.69, 9.17) is 10.5 Å². The molecule has 1 aliphatic rings. The van der Waals surface area contributed by atoms with Gasteiger partial charge in [0.1, 0.15) is 0 Å². The molecule has 90 valence electrons. The van der Waals surface area contributed by atoms with E-state index < -0.39 is 0 Å². The van der Waals surface area contributed by atoms with Crippen molar-refractivity contribution in [3.8, 4) is 0 Å². The minimum Gasteiger partial charge on any atom is -0.381 e. The molecule has 1 aromatic carbocycles. The standard InChI is InChI=1S/C12H14BrN3O/c1-17-9-5-8(6-9)16-11-3-2-7(13)4-10(11)15-12(16)14/h2-4,8-9H,5-6H2,1H3,(H2,14,15). The molecule has 0 spiro atoms. The Kier molecular flexibility index (Phi) is 2.60. The zero-order chi connectivity index (χ0) is 12.0. The summed E-state index contributed by atoms with van der Waals surface area (Å²) < 4.78 is 8.45. The van der Waals surface area contributed by atoms with E-state index in [1.54, 1.807) is 7.11 Å². The molecule has 5 heteroatoms. The SMILES string of the molecule is COC1CC(n2c(N)nc3cc(Br)ccc32)C1. The lowest BCUT2D eigenvalue weighted by atomic mass is 9.89. The molecule has 2 N–H and O–H groups in total. The predicted octanol–water partition coefficient (Wildman–Crippen LogP) is 2.73. The number of methoxy groups -OCH3 is 1. The summed E-state index contributed by atoms with van der Waals surface area (Å²) in [7, 11) is 1.76. The molecule has 2 aromatic rings. The average molecular weight is 296 g/mol. The second-order valence-corrected chi connectivity index (χ2v) is 5.37. The van der Waals surface area contributed by atoms with Gasteiger partial charge in [-0.2, -0.15) is 0 Å². The van der Waals surface area contributed by atoms with E-state index in [9.17, 15) is 0 Å². The fraction of sp³-hybridized carbons (Fsp3) is 0.417. The van der Waals surface area contributed by atoms with Gasteiger partial charge in [0.15, 0.2) is 0 Å². The van der Waals surface area contributed by atoms with Crippen molar-refractivity contribution in [2.24, 2.45) is 0 Å². The van der Waals surface area contributed by atoms with Crippen LogP contribution in [-0.2, 0) is 4.74 Å². The summed E-state index contributed by atoms with van der Waals surface area (Å²) in [5.74, 6) is 0.595. The highest BCUT2D eigenvalue weighted by molar-refractivity contribution is 9.10. The first-order valence-electron chi connectivity index (χ1n) is 5.65. The lowest BCUT2D eigenvalue weighted by molar-refractivity contribution is 0.00798. The fourth-order valence-corrected chi connectivity index (χ4v) is 2.76. The maximum atomic E-state index is 6.00. The van der Waals surface area contributed by atoms with Crippen molar-refractivity contribution in [3.63, 3.8) is 0 Å². The van der Waals surface area contributed by atoms with Gasteiger partial charge >= 0.3 is 0 Å². The summed E-state index contributed by atoms with van der Waals surface area (Å²) in [5.41, 5.74) is 8.04. The normalized spacial score (nSPS) is 23.9. The van der Waals surface area contributed by atoms with Gasteiger partial charge in [0, 0.05) is 17.6 Å². The van der Waals surface area contributed by atoms with Crippen molar-refractivity contribution >= 4 is 32.9 Å². The van der Waals surface area contributed by atoms with Gasteiger partial charge in [0.05, 0.1) is 17.1 Å². The summed E-state index contributed by atoms with van der Waals surface area (Å²) in [5, 5.41) is 0. The topological polar surface area (TPSA) is 53.1 Å². The number of anilines is 1. The van der Waals surface area contributed by atoms with Gasteiger partial charge < -0.3 is 15.0 Å². The van der Waals surface area contributed by atoms with Crippen LogP contribution in [0, 0.1) is 0 Å². The highest BCUT2D eigenvalue weighted by atomic mass is 79.9. The molecule has 0 atom stereocenters. The van der Waals surface area contributed by atoms with Crippen LogP contribution in [0.15, 0.2) is 22.7 Å². The quantitative estimate of drug-likeness (QED) is 0.927. The maximum absolute atomic E-state index is 6.00. The Labute approximate surface area is 108 Å². The Morgan fingerprint density at radius 1 is 1.47 bits per heavy atom. The molecule has 1 heterocycles. The third-order valence-corrected chi connectivity index (χ3v) is 3.94. The van der Waals surface area contributed by atoms with Gasteiger partial charge in [0.25, 0.3) is 0 Å². The van der Waals surface area contributed by atoms with Crippen molar-refractivity contribution in [2.75, 3.05) is 12.8 Å². The van der Waals surface area contributed by atoms with Crippen LogP contribution < -0.4 is 5.73 Å². The monoisotopic (exact) mass is 295 g/mol. The third-order valence-electron chi connectivity index (χ3n) is 3.45. The molecule has 0 bridgehead atoms. The van der Waals surface area contributed by atoms with Crippen molar-refractivity contribution in [3.05, 3.63) is 22.7 Å². The number of halogens is 1. The van der Waals surface area contributed by atoms with E-state index in [0.29, 0.717) is 18.1 Å².